The van der Waals surface area contributed by atoms with Crippen molar-refractivity contribution in [1.82, 2.24) is 9.97 Å². The summed E-state index contributed by atoms with van der Waals surface area (Å²) in [6, 6.07) is 16.4. The van der Waals surface area contributed by atoms with E-state index >= 15 is 0 Å². The lowest BCUT2D eigenvalue weighted by Gasteiger charge is -2.39. The molecule has 2 aromatic carbocycles. The van der Waals surface area contributed by atoms with Crippen molar-refractivity contribution in [3.63, 3.8) is 0 Å². The number of anilines is 3. The number of benzene rings is 2. The molecule has 0 unspecified atom stereocenters. The largest absolute Gasteiger partial charge is 0.468 e. The van der Waals surface area contributed by atoms with Gasteiger partial charge in [-0.15, -0.1) is 0 Å². The number of carbonyl (C=O) groups excluding carboxylic acids is 1. The molecule has 3 aromatic rings. The molecule has 3 aliphatic carbocycles. The van der Waals surface area contributed by atoms with Crippen molar-refractivity contribution in [3.8, 4) is 11.3 Å². The van der Waals surface area contributed by atoms with Crippen LogP contribution in [0.1, 0.15) is 50.5 Å². The third kappa shape index (κ3) is 5.17. The number of halogens is 1. The Morgan fingerprint density at radius 1 is 1.00 bits per heavy atom. The Kier molecular flexibility index (Phi) is 6.31. The maximum Gasteiger partial charge on any atom is 0.316 e. The van der Waals surface area contributed by atoms with E-state index in [2.05, 4.69) is 10.2 Å². The van der Waals surface area contributed by atoms with Crippen molar-refractivity contribution >= 4 is 23.4 Å². The molecule has 3 fully saturated rings. The first kappa shape index (κ1) is 23.9. The molecular weight excluding hydrogens is 467 g/mol. The highest BCUT2D eigenvalue weighted by Gasteiger charge is 2.46. The van der Waals surface area contributed by atoms with Crippen LogP contribution in [-0.2, 0) is 14.9 Å². The summed E-state index contributed by atoms with van der Waals surface area (Å²) >= 11 is 0. The van der Waals surface area contributed by atoms with Crippen molar-refractivity contribution in [1.29, 1.82) is 0 Å². The van der Waals surface area contributed by atoms with E-state index in [9.17, 15) is 9.18 Å². The maximum absolute atomic E-state index is 13.6. The van der Waals surface area contributed by atoms with Gasteiger partial charge in [-0.2, -0.15) is 4.98 Å². The van der Waals surface area contributed by atoms with Gasteiger partial charge in [-0.05, 0) is 92.3 Å². The van der Waals surface area contributed by atoms with E-state index in [0.29, 0.717) is 5.95 Å². The molecule has 7 heteroatoms. The second-order valence-corrected chi connectivity index (χ2v) is 10.9. The van der Waals surface area contributed by atoms with Crippen LogP contribution < -0.4 is 10.2 Å². The molecule has 1 aromatic heterocycles. The minimum Gasteiger partial charge on any atom is -0.468 e. The van der Waals surface area contributed by atoms with Gasteiger partial charge in [-0.1, -0.05) is 18.6 Å². The van der Waals surface area contributed by atoms with Crippen molar-refractivity contribution < 1.29 is 13.9 Å². The van der Waals surface area contributed by atoms with Crippen molar-refractivity contribution in [3.05, 3.63) is 66.0 Å². The Labute approximate surface area is 217 Å². The number of rotatable bonds is 10. The Morgan fingerprint density at radius 2 is 1.65 bits per heavy atom. The molecule has 1 N–H and O–H groups in total. The topological polar surface area (TPSA) is 67.3 Å². The van der Waals surface area contributed by atoms with Crippen LogP contribution >= 0.6 is 0 Å². The molecule has 3 aliphatic rings. The molecule has 6 nitrogen and oxygen atoms in total. The third-order valence-electron chi connectivity index (χ3n) is 8.00. The predicted octanol–water partition coefficient (Wildman–Crippen LogP) is 6.25. The first-order chi connectivity index (χ1) is 18.0. The standard InChI is InChI=1S/C30H33FN4O2/c1-37-28(36)30(15-2-16-30)23-9-13-25(14-10-23)32-29-33-26(22-7-11-24(31)12-8-22)17-27(34-29)35(18-20-3-4-20)19-21-5-6-21/h7-14,17,20-21H,2-6,15-16,18-19H2,1H3,(H,32,33,34). The monoisotopic (exact) mass is 500 g/mol. The van der Waals surface area contributed by atoms with E-state index in [0.717, 1.165) is 72.5 Å². The minimum atomic E-state index is -0.522. The fourth-order valence-electron chi connectivity index (χ4n) is 5.24. The highest BCUT2D eigenvalue weighted by molar-refractivity contribution is 5.84. The van der Waals surface area contributed by atoms with Crippen LogP contribution in [0.3, 0.4) is 0 Å². The number of methoxy groups -OCH3 is 1. The van der Waals surface area contributed by atoms with Gasteiger partial charge in [0.1, 0.15) is 11.6 Å². The van der Waals surface area contributed by atoms with Crippen LogP contribution in [0.5, 0.6) is 0 Å². The first-order valence-electron chi connectivity index (χ1n) is 13.4. The fourth-order valence-corrected chi connectivity index (χ4v) is 5.24. The Morgan fingerprint density at radius 3 is 2.19 bits per heavy atom. The quantitative estimate of drug-likeness (QED) is 0.332. The summed E-state index contributed by atoms with van der Waals surface area (Å²) in [5.41, 5.74) is 2.93. The number of nitrogens with zero attached hydrogens (tertiary/aromatic N) is 3. The molecule has 0 bridgehead atoms. The molecule has 0 saturated heterocycles. The highest BCUT2D eigenvalue weighted by Crippen LogP contribution is 2.45. The summed E-state index contributed by atoms with van der Waals surface area (Å²) in [6.07, 6.45) is 7.78. The van der Waals surface area contributed by atoms with Crippen LogP contribution in [-0.4, -0.2) is 36.1 Å². The highest BCUT2D eigenvalue weighted by atomic mass is 19.1. The first-order valence-corrected chi connectivity index (χ1v) is 13.4. The number of hydrogen-bond acceptors (Lipinski definition) is 6. The number of hydrogen-bond donors (Lipinski definition) is 1. The van der Waals surface area contributed by atoms with E-state index in [1.54, 1.807) is 12.1 Å². The van der Waals surface area contributed by atoms with E-state index in [1.807, 2.05) is 30.3 Å². The van der Waals surface area contributed by atoms with Gasteiger partial charge in [0.25, 0.3) is 0 Å². The van der Waals surface area contributed by atoms with Gasteiger partial charge < -0.3 is 15.0 Å². The average Bonchev–Trinajstić information content (AvgIpc) is 3.81. The zero-order valence-electron chi connectivity index (χ0n) is 21.3. The summed E-state index contributed by atoms with van der Waals surface area (Å²) < 4.78 is 18.7. The van der Waals surface area contributed by atoms with Gasteiger partial charge in [-0.3, -0.25) is 4.79 Å². The molecule has 0 spiro atoms. The lowest BCUT2D eigenvalue weighted by atomic mass is 9.64. The Hall–Kier alpha value is -3.48. The lowest BCUT2D eigenvalue weighted by molar-refractivity contribution is -0.151. The van der Waals surface area contributed by atoms with Gasteiger partial charge in [0.15, 0.2) is 0 Å². The third-order valence-corrected chi connectivity index (χ3v) is 8.00. The summed E-state index contributed by atoms with van der Waals surface area (Å²) in [5.74, 6) is 2.46. The van der Waals surface area contributed by atoms with E-state index in [1.165, 1.54) is 44.9 Å². The minimum absolute atomic E-state index is 0.161. The van der Waals surface area contributed by atoms with Crippen LogP contribution in [0.4, 0.5) is 21.8 Å². The average molecular weight is 501 g/mol. The van der Waals surface area contributed by atoms with Gasteiger partial charge >= 0.3 is 5.97 Å². The number of ether oxygens (including phenoxy) is 1. The molecule has 192 valence electrons. The molecule has 37 heavy (non-hydrogen) atoms. The number of aromatic nitrogens is 2. The van der Waals surface area contributed by atoms with Gasteiger partial charge in [-0.25, -0.2) is 9.37 Å². The predicted molar refractivity (Wildman–Crippen MR) is 142 cm³/mol. The molecule has 3 saturated carbocycles. The van der Waals surface area contributed by atoms with Crippen LogP contribution in [0.2, 0.25) is 0 Å². The zero-order valence-corrected chi connectivity index (χ0v) is 21.3. The SMILES string of the molecule is COC(=O)C1(c2ccc(Nc3nc(-c4ccc(F)cc4)cc(N(CC4CC4)CC4CC4)n3)cc2)CCC1. The number of esters is 1. The van der Waals surface area contributed by atoms with E-state index < -0.39 is 5.41 Å². The van der Waals surface area contributed by atoms with Crippen molar-refractivity contribution in [2.24, 2.45) is 11.8 Å². The Balaban J connectivity index is 1.30. The van der Waals surface area contributed by atoms with Gasteiger partial charge in [0.2, 0.25) is 5.95 Å². The van der Waals surface area contributed by atoms with Gasteiger partial charge in [0.05, 0.1) is 18.2 Å². The van der Waals surface area contributed by atoms with Crippen LogP contribution in [0, 0.1) is 17.7 Å². The molecule has 0 aliphatic heterocycles. The molecular formula is C30H33FN4O2. The summed E-state index contributed by atoms with van der Waals surface area (Å²) in [6.45, 7) is 2.03. The second kappa shape index (κ2) is 9.77. The zero-order chi connectivity index (χ0) is 25.4. The van der Waals surface area contributed by atoms with E-state index in [4.69, 9.17) is 14.7 Å². The number of carbonyl (C=O) groups is 1. The van der Waals surface area contributed by atoms with Crippen molar-refractivity contribution in [2.45, 2.75) is 50.4 Å². The lowest BCUT2D eigenvalue weighted by Crippen LogP contribution is -2.43. The van der Waals surface area contributed by atoms with Crippen LogP contribution in [0.25, 0.3) is 11.3 Å². The summed E-state index contributed by atoms with van der Waals surface area (Å²) in [7, 11) is 1.46. The molecule has 0 atom stereocenters. The van der Waals surface area contributed by atoms with Crippen LogP contribution in [0.15, 0.2) is 54.6 Å². The van der Waals surface area contributed by atoms with Crippen molar-refractivity contribution in [2.75, 3.05) is 30.4 Å². The van der Waals surface area contributed by atoms with Gasteiger partial charge in [0, 0.05) is 30.4 Å². The molecule has 0 amide bonds. The normalized spacial score (nSPS) is 18.1. The fraction of sp³-hybridized carbons (Fsp3) is 0.433. The molecule has 0 radical (unpaired) electrons. The smallest absolute Gasteiger partial charge is 0.316 e. The Bertz CT molecular complexity index is 1250. The summed E-state index contributed by atoms with van der Waals surface area (Å²) in [5, 5.41) is 3.38. The van der Waals surface area contributed by atoms with E-state index in [-0.39, 0.29) is 11.8 Å². The summed E-state index contributed by atoms with van der Waals surface area (Å²) in [4.78, 5) is 24.6. The number of nitrogens with one attached hydrogen (secondary N) is 1. The second-order valence-electron chi connectivity index (χ2n) is 10.9. The maximum atomic E-state index is 13.6. The molecule has 6 rings (SSSR count). The molecule has 1 heterocycles.